The molecule has 0 unspecified atom stereocenters. The lowest BCUT2D eigenvalue weighted by atomic mass is 9.83. The van der Waals surface area contributed by atoms with E-state index in [1.165, 1.54) is 11.3 Å². The van der Waals surface area contributed by atoms with Crippen molar-refractivity contribution in [3.8, 4) is 0 Å². The number of nitro benzene ring substituents is 1. The summed E-state index contributed by atoms with van der Waals surface area (Å²) in [7, 11) is 0. The van der Waals surface area contributed by atoms with Crippen LogP contribution in [-0.4, -0.2) is 42.5 Å². The van der Waals surface area contributed by atoms with Crippen LogP contribution in [0, 0.1) is 23.0 Å². The first-order chi connectivity index (χ1) is 14.5. The molecule has 2 atom stereocenters. The highest BCUT2D eigenvalue weighted by Gasteiger charge is 2.43. The average molecular weight is 406 g/mol. The minimum Gasteiger partial charge on any atom is -0.368 e. The van der Waals surface area contributed by atoms with Crippen molar-refractivity contribution in [3.63, 3.8) is 0 Å². The van der Waals surface area contributed by atoms with E-state index in [9.17, 15) is 14.9 Å². The SMILES string of the molecule is Cc1ccc(N2CCN3c4ccc([N+](=O)[O-])cc4C[C@@H](C(=O)NC4CC4)[C@H]3C2)cc1. The molecule has 0 radical (unpaired) electrons. The Bertz CT molecular complexity index is 986. The number of non-ortho nitro benzene ring substituents is 1. The van der Waals surface area contributed by atoms with Gasteiger partial charge in [-0.3, -0.25) is 14.9 Å². The van der Waals surface area contributed by atoms with E-state index in [-0.39, 0.29) is 28.5 Å². The molecule has 5 rings (SSSR count). The summed E-state index contributed by atoms with van der Waals surface area (Å²) in [5, 5.41) is 14.4. The molecule has 2 aliphatic heterocycles. The Hall–Kier alpha value is -3.09. The largest absolute Gasteiger partial charge is 0.368 e. The van der Waals surface area contributed by atoms with E-state index in [2.05, 4.69) is 46.3 Å². The van der Waals surface area contributed by atoms with Gasteiger partial charge < -0.3 is 15.1 Å². The Balaban J connectivity index is 1.47. The van der Waals surface area contributed by atoms with Crippen molar-refractivity contribution < 1.29 is 9.72 Å². The van der Waals surface area contributed by atoms with Gasteiger partial charge in [-0.25, -0.2) is 0 Å². The maximum atomic E-state index is 13.1. The number of carbonyl (C=O) groups is 1. The molecular weight excluding hydrogens is 380 g/mol. The van der Waals surface area contributed by atoms with Gasteiger partial charge in [0, 0.05) is 49.2 Å². The molecule has 0 spiro atoms. The van der Waals surface area contributed by atoms with Crippen LogP contribution in [-0.2, 0) is 11.2 Å². The second-order valence-electron chi connectivity index (χ2n) is 8.71. The lowest BCUT2D eigenvalue weighted by Gasteiger charge is -2.49. The summed E-state index contributed by atoms with van der Waals surface area (Å²) in [5.41, 5.74) is 4.43. The lowest BCUT2D eigenvalue weighted by molar-refractivity contribution is -0.384. The topological polar surface area (TPSA) is 78.7 Å². The third-order valence-electron chi connectivity index (χ3n) is 6.57. The number of benzene rings is 2. The molecule has 1 saturated heterocycles. The molecule has 3 aliphatic rings. The summed E-state index contributed by atoms with van der Waals surface area (Å²) < 4.78 is 0. The van der Waals surface area contributed by atoms with Crippen LogP contribution in [0.3, 0.4) is 0 Å². The molecule has 2 aromatic rings. The zero-order chi connectivity index (χ0) is 20.8. The van der Waals surface area contributed by atoms with Gasteiger partial charge in [-0.2, -0.15) is 0 Å². The minimum absolute atomic E-state index is 0.0489. The number of rotatable bonds is 4. The Labute approximate surface area is 175 Å². The fourth-order valence-corrected chi connectivity index (χ4v) is 4.75. The summed E-state index contributed by atoms with van der Waals surface area (Å²) in [4.78, 5) is 28.7. The number of carbonyl (C=O) groups excluding carboxylic acids is 1. The van der Waals surface area contributed by atoms with E-state index in [0.717, 1.165) is 43.7 Å². The highest BCUT2D eigenvalue weighted by Crippen LogP contribution is 2.39. The molecule has 1 amide bonds. The quantitative estimate of drug-likeness (QED) is 0.624. The molecule has 1 saturated carbocycles. The van der Waals surface area contributed by atoms with Gasteiger partial charge in [0.2, 0.25) is 5.91 Å². The van der Waals surface area contributed by atoms with Crippen molar-refractivity contribution in [3.05, 3.63) is 63.7 Å². The van der Waals surface area contributed by atoms with Crippen LogP contribution < -0.4 is 15.1 Å². The number of nitrogens with zero attached hydrogens (tertiary/aromatic N) is 3. The first kappa shape index (κ1) is 18.9. The van der Waals surface area contributed by atoms with Gasteiger partial charge in [0.1, 0.15) is 0 Å². The number of aryl methyl sites for hydroxylation is 1. The van der Waals surface area contributed by atoms with Gasteiger partial charge >= 0.3 is 0 Å². The Kier molecular flexibility index (Phi) is 4.60. The van der Waals surface area contributed by atoms with E-state index >= 15 is 0 Å². The van der Waals surface area contributed by atoms with Crippen molar-refractivity contribution in [1.82, 2.24) is 5.32 Å². The predicted octanol–water partition coefficient (Wildman–Crippen LogP) is 3.05. The van der Waals surface area contributed by atoms with Crippen molar-refractivity contribution >= 4 is 23.0 Å². The van der Waals surface area contributed by atoms with Crippen LogP contribution in [0.1, 0.15) is 24.0 Å². The highest BCUT2D eigenvalue weighted by molar-refractivity contribution is 5.83. The normalized spacial score (nSPS) is 22.8. The molecule has 7 heteroatoms. The number of hydrogen-bond acceptors (Lipinski definition) is 5. The van der Waals surface area contributed by atoms with Gasteiger partial charge in [0.25, 0.3) is 5.69 Å². The maximum absolute atomic E-state index is 13.1. The maximum Gasteiger partial charge on any atom is 0.269 e. The minimum atomic E-state index is -0.360. The molecular formula is C23H26N4O3. The van der Waals surface area contributed by atoms with Gasteiger partial charge in [-0.05, 0) is 49.9 Å². The Morgan fingerprint density at radius 3 is 2.60 bits per heavy atom. The summed E-state index contributed by atoms with van der Waals surface area (Å²) in [6.07, 6.45) is 2.63. The molecule has 30 heavy (non-hydrogen) atoms. The number of nitro groups is 1. The van der Waals surface area contributed by atoms with Crippen LogP contribution >= 0.6 is 0 Å². The molecule has 7 nitrogen and oxygen atoms in total. The number of fused-ring (bicyclic) bond motifs is 3. The summed E-state index contributed by atoms with van der Waals surface area (Å²) in [5.74, 6) is -0.135. The van der Waals surface area contributed by atoms with E-state index in [1.54, 1.807) is 12.1 Å². The zero-order valence-corrected chi connectivity index (χ0v) is 17.1. The second kappa shape index (κ2) is 7.31. The Morgan fingerprint density at radius 1 is 1.13 bits per heavy atom. The number of nitrogens with one attached hydrogen (secondary N) is 1. The third kappa shape index (κ3) is 3.49. The first-order valence-corrected chi connectivity index (χ1v) is 10.7. The predicted molar refractivity (Wildman–Crippen MR) is 116 cm³/mol. The number of hydrogen-bond donors (Lipinski definition) is 1. The van der Waals surface area contributed by atoms with Crippen LogP contribution in [0.5, 0.6) is 0 Å². The molecule has 156 valence electrons. The smallest absolute Gasteiger partial charge is 0.269 e. The van der Waals surface area contributed by atoms with E-state index in [1.807, 2.05) is 6.07 Å². The standard InChI is InChI=1S/C23H26N4O3/c1-15-2-6-18(7-3-15)25-10-11-26-21-9-8-19(27(29)30)12-16(21)13-20(22(26)14-25)23(28)24-17-4-5-17/h2-3,6-9,12,17,20,22H,4-5,10-11,13-14H2,1H3,(H,24,28)/t20-,22-/m1/s1. The van der Waals surface area contributed by atoms with Crippen molar-refractivity contribution in [2.24, 2.45) is 5.92 Å². The van der Waals surface area contributed by atoms with Crippen LogP contribution in [0.4, 0.5) is 17.1 Å². The number of piperazine rings is 1. The Morgan fingerprint density at radius 2 is 1.90 bits per heavy atom. The van der Waals surface area contributed by atoms with Gasteiger partial charge in [-0.1, -0.05) is 17.7 Å². The summed E-state index contributed by atoms with van der Waals surface area (Å²) in [6, 6.07) is 14.0. The van der Waals surface area contributed by atoms with Crippen LogP contribution in [0.2, 0.25) is 0 Å². The van der Waals surface area contributed by atoms with E-state index in [4.69, 9.17) is 0 Å². The second-order valence-corrected chi connectivity index (χ2v) is 8.71. The molecule has 0 bridgehead atoms. The van der Waals surface area contributed by atoms with Crippen LogP contribution in [0.25, 0.3) is 0 Å². The molecule has 0 aromatic heterocycles. The molecule has 2 fully saturated rings. The third-order valence-corrected chi connectivity index (χ3v) is 6.57. The van der Waals surface area contributed by atoms with Gasteiger partial charge in [0.05, 0.1) is 16.9 Å². The van der Waals surface area contributed by atoms with Crippen LogP contribution in [0.15, 0.2) is 42.5 Å². The van der Waals surface area contributed by atoms with Crippen molar-refractivity contribution in [2.75, 3.05) is 29.4 Å². The first-order valence-electron chi connectivity index (χ1n) is 10.7. The van der Waals surface area contributed by atoms with Gasteiger partial charge in [0.15, 0.2) is 0 Å². The molecule has 1 aliphatic carbocycles. The monoisotopic (exact) mass is 406 g/mol. The highest BCUT2D eigenvalue weighted by atomic mass is 16.6. The zero-order valence-electron chi connectivity index (χ0n) is 17.1. The van der Waals surface area contributed by atoms with Crippen molar-refractivity contribution in [2.45, 2.75) is 38.3 Å². The molecule has 2 aromatic carbocycles. The molecule has 2 heterocycles. The molecule has 1 N–H and O–H groups in total. The fourth-order valence-electron chi connectivity index (χ4n) is 4.75. The summed E-state index contributed by atoms with van der Waals surface area (Å²) in [6.45, 7) is 4.49. The summed E-state index contributed by atoms with van der Waals surface area (Å²) >= 11 is 0. The van der Waals surface area contributed by atoms with E-state index < -0.39 is 0 Å². The van der Waals surface area contributed by atoms with E-state index in [0.29, 0.717) is 12.5 Å². The van der Waals surface area contributed by atoms with Crippen molar-refractivity contribution in [1.29, 1.82) is 0 Å². The average Bonchev–Trinajstić information content (AvgIpc) is 3.56. The fraction of sp³-hybridized carbons (Fsp3) is 0.435. The lowest BCUT2D eigenvalue weighted by Crippen LogP contribution is -2.61. The number of amides is 1. The van der Waals surface area contributed by atoms with Gasteiger partial charge in [-0.15, -0.1) is 0 Å². The number of anilines is 2.